The summed E-state index contributed by atoms with van der Waals surface area (Å²) < 4.78 is 27.0. The lowest BCUT2D eigenvalue weighted by molar-refractivity contribution is 0.384. The first kappa shape index (κ1) is 18.3. The van der Waals surface area contributed by atoms with E-state index in [0.717, 1.165) is 5.82 Å². The van der Waals surface area contributed by atoms with E-state index < -0.39 is 10.0 Å². The molecule has 0 radical (unpaired) electrons. The second-order valence-corrected chi connectivity index (χ2v) is 8.24. The van der Waals surface area contributed by atoms with Gasteiger partial charge in [-0.25, -0.2) is 23.4 Å². The maximum Gasteiger partial charge on any atom is 0.243 e. The molecule has 3 heterocycles. The number of hydrogen-bond acceptors (Lipinski definition) is 7. The first-order valence-electron chi connectivity index (χ1n) is 8.93. The summed E-state index contributed by atoms with van der Waals surface area (Å²) in [5, 5.41) is 3.14. The van der Waals surface area contributed by atoms with Gasteiger partial charge in [0.25, 0.3) is 0 Å². The van der Waals surface area contributed by atoms with Crippen LogP contribution in [0.3, 0.4) is 0 Å². The zero-order valence-electron chi connectivity index (χ0n) is 15.1. The molecule has 9 heteroatoms. The van der Waals surface area contributed by atoms with Crippen molar-refractivity contribution in [2.75, 3.05) is 36.4 Å². The number of rotatable bonds is 5. The Balaban J connectivity index is 1.43. The van der Waals surface area contributed by atoms with E-state index in [9.17, 15) is 8.42 Å². The molecule has 1 saturated heterocycles. The number of aromatic nitrogens is 3. The Bertz CT molecular complexity index is 1020. The van der Waals surface area contributed by atoms with Gasteiger partial charge in [0.2, 0.25) is 10.0 Å². The van der Waals surface area contributed by atoms with Crippen LogP contribution in [0.2, 0.25) is 0 Å². The third-order valence-electron chi connectivity index (χ3n) is 4.52. The number of pyridine rings is 1. The molecule has 2 aromatic heterocycles. The summed E-state index contributed by atoms with van der Waals surface area (Å²) in [6, 6.07) is 16.0. The van der Waals surface area contributed by atoms with E-state index in [2.05, 4.69) is 25.2 Å². The summed E-state index contributed by atoms with van der Waals surface area (Å²) in [5.41, 5.74) is 0. The molecular weight excluding hydrogens is 376 g/mol. The van der Waals surface area contributed by atoms with Gasteiger partial charge in [-0.1, -0.05) is 24.3 Å². The number of sulfonamides is 1. The molecule has 144 valence electrons. The number of piperazine rings is 1. The Labute approximate surface area is 163 Å². The number of anilines is 3. The van der Waals surface area contributed by atoms with Crippen molar-refractivity contribution in [3.8, 4) is 0 Å². The van der Waals surface area contributed by atoms with Crippen LogP contribution in [0.25, 0.3) is 0 Å². The SMILES string of the molecule is O=S(=O)(c1ccccc1)N1CCN(c2cc(Nc3ccccn3)ncn2)CC1. The second-order valence-electron chi connectivity index (χ2n) is 6.31. The van der Waals surface area contributed by atoms with E-state index in [0.29, 0.717) is 42.7 Å². The highest BCUT2D eigenvalue weighted by atomic mass is 32.2. The fourth-order valence-corrected chi connectivity index (χ4v) is 4.50. The molecule has 0 amide bonds. The minimum atomic E-state index is -3.46. The van der Waals surface area contributed by atoms with Crippen LogP contribution in [0.4, 0.5) is 17.5 Å². The maximum absolute atomic E-state index is 12.8. The Kier molecular flexibility index (Phi) is 5.18. The largest absolute Gasteiger partial charge is 0.354 e. The van der Waals surface area contributed by atoms with Gasteiger partial charge < -0.3 is 10.2 Å². The molecule has 0 spiro atoms. The topological polar surface area (TPSA) is 91.3 Å². The summed E-state index contributed by atoms with van der Waals surface area (Å²) in [4.78, 5) is 15.2. The van der Waals surface area contributed by atoms with Crippen LogP contribution in [0.1, 0.15) is 0 Å². The minimum absolute atomic E-state index is 0.326. The highest BCUT2D eigenvalue weighted by Gasteiger charge is 2.28. The normalized spacial score (nSPS) is 15.4. The standard InChI is InChI=1S/C19H20N6O2S/c26-28(27,16-6-2-1-3-7-16)25-12-10-24(11-13-25)19-14-18(21-15-22-19)23-17-8-4-5-9-20-17/h1-9,14-15H,10-13H2,(H,20,21,22,23). The number of nitrogens with zero attached hydrogens (tertiary/aromatic N) is 5. The highest BCUT2D eigenvalue weighted by molar-refractivity contribution is 7.89. The maximum atomic E-state index is 12.8. The molecule has 8 nitrogen and oxygen atoms in total. The van der Waals surface area contributed by atoms with E-state index in [1.807, 2.05) is 30.3 Å². The molecular formula is C19H20N6O2S. The Hall–Kier alpha value is -3.04. The van der Waals surface area contributed by atoms with E-state index in [-0.39, 0.29) is 0 Å². The predicted molar refractivity (Wildman–Crippen MR) is 107 cm³/mol. The predicted octanol–water partition coefficient (Wildman–Crippen LogP) is 2.13. The van der Waals surface area contributed by atoms with Crippen molar-refractivity contribution in [2.45, 2.75) is 4.90 Å². The van der Waals surface area contributed by atoms with Gasteiger partial charge >= 0.3 is 0 Å². The summed E-state index contributed by atoms with van der Waals surface area (Å²) in [6.45, 7) is 1.94. The molecule has 1 aromatic carbocycles. The molecule has 0 saturated carbocycles. The van der Waals surface area contributed by atoms with E-state index in [1.165, 1.54) is 10.6 Å². The summed E-state index contributed by atoms with van der Waals surface area (Å²) in [7, 11) is -3.46. The van der Waals surface area contributed by atoms with Gasteiger partial charge in [0, 0.05) is 38.4 Å². The summed E-state index contributed by atoms with van der Waals surface area (Å²) >= 11 is 0. The lowest BCUT2D eigenvalue weighted by atomic mass is 10.3. The smallest absolute Gasteiger partial charge is 0.243 e. The average Bonchev–Trinajstić information content (AvgIpc) is 2.75. The van der Waals surface area contributed by atoms with Crippen LogP contribution < -0.4 is 10.2 Å². The van der Waals surface area contributed by atoms with Crippen LogP contribution in [-0.2, 0) is 10.0 Å². The zero-order valence-corrected chi connectivity index (χ0v) is 16.0. The van der Waals surface area contributed by atoms with Crippen molar-refractivity contribution >= 4 is 27.5 Å². The van der Waals surface area contributed by atoms with E-state index in [4.69, 9.17) is 0 Å². The highest BCUT2D eigenvalue weighted by Crippen LogP contribution is 2.21. The van der Waals surface area contributed by atoms with E-state index in [1.54, 1.807) is 30.5 Å². The first-order chi connectivity index (χ1) is 13.6. The second kappa shape index (κ2) is 7.91. The monoisotopic (exact) mass is 396 g/mol. The Morgan fingerprint density at radius 2 is 1.57 bits per heavy atom. The first-order valence-corrected chi connectivity index (χ1v) is 10.4. The molecule has 0 unspecified atom stereocenters. The molecule has 3 aromatic rings. The zero-order chi connectivity index (χ0) is 19.4. The Morgan fingerprint density at radius 3 is 2.29 bits per heavy atom. The van der Waals surface area contributed by atoms with Crippen molar-refractivity contribution < 1.29 is 8.42 Å². The van der Waals surface area contributed by atoms with Crippen LogP contribution >= 0.6 is 0 Å². The van der Waals surface area contributed by atoms with Gasteiger partial charge in [0.05, 0.1) is 4.90 Å². The van der Waals surface area contributed by atoms with Gasteiger partial charge in [-0.3, -0.25) is 0 Å². The summed E-state index contributed by atoms with van der Waals surface area (Å²) in [6.07, 6.45) is 3.20. The number of nitrogens with one attached hydrogen (secondary N) is 1. The minimum Gasteiger partial charge on any atom is -0.354 e. The average molecular weight is 396 g/mol. The van der Waals surface area contributed by atoms with Crippen LogP contribution in [0.15, 0.2) is 72.0 Å². The van der Waals surface area contributed by atoms with E-state index >= 15 is 0 Å². The summed E-state index contributed by atoms with van der Waals surface area (Å²) in [5.74, 6) is 2.10. The molecule has 28 heavy (non-hydrogen) atoms. The molecule has 0 bridgehead atoms. The molecule has 1 fully saturated rings. The lowest BCUT2D eigenvalue weighted by Gasteiger charge is -2.34. The quantitative estimate of drug-likeness (QED) is 0.706. The molecule has 0 aliphatic carbocycles. The molecule has 1 N–H and O–H groups in total. The third kappa shape index (κ3) is 3.95. The van der Waals surface area contributed by atoms with Gasteiger partial charge in [-0.05, 0) is 24.3 Å². The molecule has 4 rings (SSSR count). The number of hydrogen-bond donors (Lipinski definition) is 1. The van der Waals surface area contributed by atoms with Gasteiger partial charge in [-0.2, -0.15) is 4.31 Å². The van der Waals surface area contributed by atoms with Crippen LogP contribution in [0.5, 0.6) is 0 Å². The number of benzene rings is 1. The fourth-order valence-electron chi connectivity index (χ4n) is 3.06. The third-order valence-corrected chi connectivity index (χ3v) is 6.43. The van der Waals surface area contributed by atoms with Crippen molar-refractivity contribution in [3.63, 3.8) is 0 Å². The van der Waals surface area contributed by atoms with Crippen molar-refractivity contribution in [1.29, 1.82) is 0 Å². The fraction of sp³-hybridized carbons (Fsp3) is 0.211. The van der Waals surface area contributed by atoms with Crippen LogP contribution in [-0.4, -0.2) is 53.9 Å². The molecule has 1 aliphatic rings. The van der Waals surface area contributed by atoms with Gasteiger partial charge in [-0.15, -0.1) is 0 Å². The lowest BCUT2D eigenvalue weighted by Crippen LogP contribution is -2.48. The van der Waals surface area contributed by atoms with Crippen molar-refractivity contribution in [2.24, 2.45) is 0 Å². The molecule has 0 atom stereocenters. The van der Waals surface area contributed by atoms with Gasteiger partial charge in [0.1, 0.15) is 23.8 Å². The Morgan fingerprint density at radius 1 is 0.821 bits per heavy atom. The van der Waals surface area contributed by atoms with Gasteiger partial charge in [0.15, 0.2) is 0 Å². The van der Waals surface area contributed by atoms with Crippen molar-refractivity contribution in [3.05, 3.63) is 67.1 Å². The molecule has 1 aliphatic heterocycles. The van der Waals surface area contributed by atoms with Crippen molar-refractivity contribution in [1.82, 2.24) is 19.3 Å². The van der Waals surface area contributed by atoms with Crippen LogP contribution in [0, 0.1) is 0 Å².